The lowest BCUT2D eigenvalue weighted by atomic mass is 10.1. The largest absolute Gasteiger partial charge is 0.492 e. The fourth-order valence-corrected chi connectivity index (χ4v) is 3.81. The van der Waals surface area contributed by atoms with Crippen LogP contribution in [-0.2, 0) is 10.0 Å². The number of fused-ring (bicyclic) bond motifs is 1. The third-order valence-electron chi connectivity index (χ3n) is 3.55. The van der Waals surface area contributed by atoms with Crippen molar-refractivity contribution < 1.29 is 13.2 Å². The highest BCUT2D eigenvalue weighted by Gasteiger charge is 2.22. The Kier molecular flexibility index (Phi) is 6.38. The summed E-state index contributed by atoms with van der Waals surface area (Å²) < 4.78 is 33.6. The van der Waals surface area contributed by atoms with E-state index in [-0.39, 0.29) is 18.0 Å². The lowest BCUT2D eigenvalue weighted by molar-refractivity contribution is 0.299. The van der Waals surface area contributed by atoms with Crippen molar-refractivity contribution >= 4 is 20.8 Å². The average molecular weight is 336 g/mol. The van der Waals surface area contributed by atoms with Gasteiger partial charge in [-0.25, -0.2) is 13.1 Å². The standard InChI is InChI=1S/C17H24N2O3S/c1-2-3-6-13-22-16-10-9-14-7-4-5-8-15(14)17(16)23(20,21)19-12-11-18/h4-5,7-10,19H,2-3,6,11-13,18H2,1H3. The molecular weight excluding hydrogens is 312 g/mol. The van der Waals surface area contributed by atoms with Gasteiger partial charge in [0.1, 0.15) is 10.6 Å². The predicted octanol–water partition coefficient (Wildman–Crippen LogP) is 2.65. The van der Waals surface area contributed by atoms with Crippen LogP contribution in [0, 0.1) is 0 Å². The van der Waals surface area contributed by atoms with Crippen molar-refractivity contribution in [3.05, 3.63) is 36.4 Å². The maximum Gasteiger partial charge on any atom is 0.244 e. The minimum Gasteiger partial charge on any atom is -0.492 e. The normalized spacial score (nSPS) is 11.7. The number of rotatable bonds is 9. The predicted molar refractivity (Wildman–Crippen MR) is 93.2 cm³/mol. The molecule has 0 unspecified atom stereocenters. The SMILES string of the molecule is CCCCCOc1ccc2ccccc2c1S(=O)(=O)NCCN. The molecule has 0 spiro atoms. The summed E-state index contributed by atoms with van der Waals surface area (Å²) in [6, 6.07) is 11.0. The quantitative estimate of drug-likeness (QED) is 0.690. The van der Waals surface area contributed by atoms with Crippen molar-refractivity contribution in [1.82, 2.24) is 4.72 Å². The molecule has 0 aliphatic rings. The van der Waals surface area contributed by atoms with E-state index in [0.717, 1.165) is 24.6 Å². The highest BCUT2D eigenvalue weighted by Crippen LogP contribution is 2.32. The molecule has 23 heavy (non-hydrogen) atoms. The number of hydrogen-bond acceptors (Lipinski definition) is 4. The smallest absolute Gasteiger partial charge is 0.244 e. The van der Waals surface area contributed by atoms with Gasteiger partial charge in [0.25, 0.3) is 0 Å². The second-order valence-corrected chi connectivity index (χ2v) is 7.06. The van der Waals surface area contributed by atoms with Crippen LogP contribution in [0.1, 0.15) is 26.2 Å². The molecule has 0 saturated carbocycles. The molecule has 0 aliphatic carbocycles. The van der Waals surface area contributed by atoms with Gasteiger partial charge in [-0.05, 0) is 17.9 Å². The summed E-state index contributed by atoms with van der Waals surface area (Å²) >= 11 is 0. The van der Waals surface area contributed by atoms with Gasteiger partial charge in [0.05, 0.1) is 6.61 Å². The van der Waals surface area contributed by atoms with Gasteiger partial charge in [-0.3, -0.25) is 0 Å². The molecule has 126 valence electrons. The summed E-state index contributed by atoms with van der Waals surface area (Å²) in [6.07, 6.45) is 3.05. The highest BCUT2D eigenvalue weighted by atomic mass is 32.2. The maximum absolute atomic E-state index is 12.7. The Balaban J connectivity index is 2.43. The van der Waals surface area contributed by atoms with Gasteiger partial charge < -0.3 is 10.5 Å². The first-order chi connectivity index (χ1) is 11.1. The minimum atomic E-state index is -3.68. The van der Waals surface area contributed by atoms with E-state index < -0.39 is 10.0 Å². The Morgan fingerprint density at radius 2 is 1.91 bits per heavy atom. The van der Waals surface area contributed by atoms with Crippen LogP contribution in [0.2, 0.25) is 0 Å². The number of unbranched alkanes of at least 4 members (excludes halogenated alkanes) is 2. The molecule has 2 aromatic rings. The van der Waals surface area contributed by atoms with Crippen LogP contribution in [0.25, 0.3) is 10.8 Å². The topological polar surface area (TPSA) is 81.4 Å². The third kappa shape index (κ3) is 4.43. The van der Waals surface area contributed by atoms with Gasteiger partial charge in [-0.2, -0.15) is 0 Å². The molecule has 2 rings (SSSR count). The second kappa shape index (κ2) is 8.29. The van der Waals surface area contributed by atoms with Crippen LogP contribution in [0.15, 0.2) is 41.3 Å². The Labute approximate surface area is 137 Å². The second-order valence-electron chi connectivity index (χ2n) is 5.36. The van der Waals surface area contributed by atoms with Gasteiger partial charge >= 0.3 is 0 Å². The van der Waals surface area contributed by atoms with Crippen LogP contribution in [0.3, 0.4) is 0 Å². The number of hydrogen-bond donors (Lipinski definition) is 2. The van der Waals surface area contributed by atoms with Crippen molar-refractivity contribution in [3.8, 4) is 5.75 Å². The lowest BCUT2D eigenvalue weighted by Gasteiger charge is -2.15. The van der Waals surface area contributed by atoms with Gasteiger partial charge in [-0.1, -0.05) is 50.1 Å². The van der Waals surface area contributed by atoms with Gasteiger partial charge in [0.2, 0.25) is 10.0 Å². The molecule has 6 heteroatoms. The average Bonchev–Trinajstić information content (AvgIpc) is 2.56. The van der Waals surface area contributed by atoms with E-state index in [2.05, 4.69) is 11.6 Å². The monoisotopic (exact) mass is 336 g/mol. The van der Waals surface area contributed by atoms with Crippen molar-refractivity contribution in [3.63, 3.8) is 0 Å². The van der Waals surface area contributed by atoms with E-state index in [4.69, 9.17) is 10.5 Å². The molecule has 0 bridgehead atoms. The van der Waals surface area contributed by atoms with Gasteiger partial charge in [-0.15, -0.1) is 0 Å². The third-order valence-corrected chi connectivity index (χ3v) is 5.10. The summed E-state index contributed by atoms with van der Waals surface area (Å²) in [6.45, 7) is 3.06. The molecule has 0 aromatic heterocycles. The molecule has 0 radical (unpaired) electrons. The number of nitrogens with one attached hydrogen (secondary N) is 1. The fraction of sp³-hybridized carbons (Fsp3) is 0.412. The van der Waals surface area contributed by atoms with Crippen LogP contribution < -0.4 is 15.2 Å². The van der Waals surface area contributed by atoms with Crippen LogP contribution in [-0.4, -0.2) is 28.1 Å². The molecule has 0 fully saturated rings. The van der Waals surface area contributed by atoms with E-state index >= 15 is 0 Å². The molecular formula is C17H24N2O3S. The summed E-state index contributed by atoms with van der Waals surface area (Å²) in [5, 5.41) is 1.52. The van der Waals surface area contributed by atoms with E-state index in [1.165, 1.54) is 0 Å². The highest BCUT2D eigenvalue weighted by molar-refractivity contribution is 7.89. The Bertz CT molecular complexity index is 745. The number of ether oxygens (including phenoxy) is 1. The molecule has 0 amide bonds. The van der Waals surface area contributed by atoms with Crippen molar-refractivity contribution in [1.29, 1.82) is 0 Å². The number of sulfonamides is 1. The summed E-state index contributed by atoms with van der Waals surface area (Å²) in [5.41, 5.74) is 5.42. The van der Waals surface area contributed by atoms with E-state index in [0.29, 0.717) is 17.7 Å². The van der Waals surface area contributed by atoms with Crippen LogP contribution in [0.4, 0.5) is 0 Å². The Morgan fingerprint density at radius 1 is 1.13 bits per heavy atom. The zero-order valence-corrected chi connectivity index (χ0v) is 14.2. The zero-order chi connectivity index (χ0) is 16.7. The fourth-order valence-electron chi connectivity index (χ4n) is 2.41. The molecule has 2 aromatic carbocycles. The maximum atomic E-state index is 12.7. The summed E-state index contributed by atoms with van der Waals surface area (Å²) in [7, 11) is -3.68. The molecule has 3 N–H and O–H groups in total. The summed E-state index contributed by atoms with van der Waals surface area (Å²) in [5.74, 6) is 0.393. The zero-order valence-electron chi connectivity index (χ0n) is 13.4. The molecule has 0 saturated heterocycles. The number of nitrogens with two attached hydrogens (primary N) is 1. The molecule has 0 aliphatic heterocycles. The first-order valence-corrected chi connectivity index (χ1v) is 9.42. The van der Waals surface area contributed by atoms with E-state index in [1.807, 2.05) is 24.3 Å². The Hall–Kier alpha value is -1.63. The first-order valence-electron chi connectivity index (χ1n) is 7.94. The van der Waals surface area contributed by atoms with Crippen molar-refractivity contribution in [2.75, 3.05) is 19.7 Å². The molecule has 5 nitrogen and oxygen atoms in total. The molecule has 0 atom stereocenters. The van der Waals surface area contributed by atoms with E-state index in [1.54, 1.807) is 12.1 Å². The summed E-state index contributed by atoms with van der Waals surface area (Å²) in [4.78, 5) is 0.195. The van der Waals surface area contributed by atoms with Crippen LogP contribution in [0.5, 0.6) is 5.75 Å². The first kappa shape index (κ1) is 17.7. The van der Waals surface area contributed by atoms with Crippen molar-refractivity contribution in [2.24, 2.45) is 5.73 Å². The lowest BCUT2D eigenvalue weighted by Crippen LogP contribution is -2.29. The Morgan fingerprint density at radius 3 is 2.65 bits per heavy atom. The minimum absolute atomic E-state index is 0.195. The van der Waals surface area contributed by atoms with Crippen molar-refractivity contribution in [2.45, 2.75) is 31.1 Å². The van der Waals surface area contributed by atoms with Crippen LogP contribution >= 0.6 is 0 Å². The molecule has 0 heterocycles. The van der Waals surface area contributed by atoms with Gasteiger partial charge in [0.15, 0.2) is 0 Å². The van der Waals surface area contributed by atoms with E-state index in [9.17, 15) is 8.42 Å². The van der Waals surface area contributed by atoms with Gasteiger partial charge in [0, 0.05) is 18.5 Å². The number of benzene rings is 2.